The van der Waals surface area contributed by atoms with E-state index in [0.717, 1.165) is 30.5 Å². The van der Waals surface area contributed by atoms with Crippen molar-refractivity contribution in [3.8, 4) is 6.07 Å². The molecule has 0 aliphatic rings. The number of azo groups is 1. The number of quaternary nitrogens is 1. The Bertz CT molecular complexity index is 885. The summed E-state index contributed by atoms with van der Waals surface area (Å²) in [6.45, 7) is 2.97. The maximum absolute atomic E-state index is 10.8. The Hall–Kier alpha value is -2.86. The Balaban J connectivity index is 0.00000420. The maximum Gasteiger partial charge on any atom is 0.270 e. The van der Waals surface area contributed by atoms with Gasteiger partial charge in [0.2, 0.25) is 0 Å². The van der Waals surface area contributed by atoms with Gasteiger partial charge in [-0.2, -0.15) is 10.4 Å². The van der Waals surface area contributed by atoms with Crippen molar-refractivity contribution >= 4 is 17.1 Å². The van der Waals surface area contributed by atoms with Gasteiger partial charge in [-0.1, -0.05) is 12.1 Å². The Morgan fingerprint density at radius 2 is 1.79 bits per heavy atom. The van der Waals surface area contributed by atoms with Crippen LogP contribution in [0, 0.1) is 21.4 Å². The number of nitrogens with zero attached hydrogens (tertiary/aromatic N) is 5. The smallest absolute Gasteiger partial charge is 0.270 e. The molecule has 0 fully saturated rings. The molecule has 0 spiro atoms. The predicted molar refractivity (Wildman–Crippen MR) is 108 cm³/mol. The number of likely N-dealkylation sites (N-methyl/N-ethyl adjacent to an activating group) is 1. The number of nitrogens with one attached hydrogen (secondary N) is 1. The Morgan fingerprint density at radius 3 is 2.38 bits per heavy atom. The normalized spacial score (nSPS) is 11.1. The zero-order valence-electron chi connectivity index (χ0n) is 16.8. The number of hydrogen-bond acceptors (Lipinski definition) is 6. The van der Waals surface area contributed by atoms with Crippen LogP contribution in [0.1, 0.15) is 11.1 Å². The second kappa shape index (κ2) is 11.2. The fourth-order valence-corrected chi connectivity index (χ4v) is 2.43. The van der Waals surface area contributed by atoms with Gasteiger partial charge in [0.05, 0.1) is 43.9 Å². The lowest BCUT2D eigenvalue weighted by Gasteiger charge is -2.23. The molecule has 0 aromatic heterocycles. The largest absolute Gasteiger partial charge is 1.00 e. The summed E-state index contributed by atoms with van der Waals surface area (Å²) in [4.78, 5) is 10.2. The van der Waals surface area contributed by atoms with E-state index in [2.05, 4.69) is 36.7 Å². The third-order valence-corrected chi connectivity index (χ3v) is 4.07. The Kier molecular flexibility index (Phi) is 9.35. The first kappa shape index (κ1) is 24.2. The third-order valence-electron chi connectivity index (χ3n) is 4.07. The summed E-state index contributed by atoms with van der Waals surface area (Å²) < 4.78 is 0.939. The van der Waals surface area contributed by atoms with Crippen molar-refractivity contribution in [1.29, 1.82) is 5.26 Å². The van der Waals surface area contributed by atoms with Crippen molar-refractivity contribution in [3.63, 3.8) is 0 Å². The molecule has 0 aliphatic heterocycles. The number of hydrogen-bond donors (Lipinski definition) is 1. The monoisotopic (exact) mass is 416 g/mol. The van der Waals surface area contributed by atoms with Gasteiger partial charge < -0.3 is 22.2 Å². The lowest BCUT2D eigenvalue weighted by molar-refractivity contribution is -0.869. The second-order valence-corrected chi connectivity index (χ2v) is 7.45. The molecule has 2 aromatic carbocycles. The van der Waals surface area contributed by atoms with Gasteiger partial charge in [0.15, 0.2) is 0 Å². The van der Waals surface area contributed by atoms with E-state index in [1.54, 1.807) is 0 Å². The van der Waals surface area contributed by atoms with Crippen molar-refractivity contribution in [2.24, 2.45) is 10.2 Å². The van der Waals surface area contributed by atoms with Gasteiger partial charge in [0, 0.05) is 18.7 Å². The van der Waals surface area contributed by atoms with Crippen LogP contribution in [0.3, 0.4) is 0 Å². The maximum atomic E-state index is 10.8. The average Bonchev–Trinajstić information content (AvgIpc) is 2.66. The lowest BCUT2D eigenvalue weighted by atomic mass is 10.1. The lowest BCUT2D eigenvalue weighted by Crippen LogP contribution is -3.00. The molecule has 0 amide bonds. The average molecular weight is 417 g/mol. The van der Waals surface area contributed by atoms with Crippen LogP contribution in [-0.4, -0.2) is 50.2 Å². The Labute approximate surface area is 177 Å². The van der Waals surface area contributed by atoms with E-state index in [1.165, 1.54) is 23.8 Å². The van der Waals surface area contributed by atoms with Gasteiger partial charge in [-0.05, 0) is 36.7 Å². The van der Waals surface area contributed by atoms with E-state index >= 15 is 0 Å². The summed E-state index contributed by atoms with van der Waals surface area (Å²) in [5, 5.41) is 31.5. The first-order valence-electron chi connectivity index (χ1n) is 8.99. The molecular formula is C20H25ClN6O2. The molecule has 0 heterocycles. The quantitative estimate of drug-likeness (QED) is 0.214. The van der Waals surface area contributed by atoms with Crippen LogP contribution >= 0.6 is 0 Å². The van der Waals surface area contributed by atoms with Crippen LogP contribution in [-0.2, 0) is 6.42 Å². The van der Waals surface area contributed by atoms with Gasteiger partial charge in [-0.15, -0.1) is 5.11 Å². The molecule has 2 aromatic rings. The Morgan fingerprint density at radius 1 is 1.10 bits per heavy atom. The first-order valence-corrected chi connectivity index (χ1v) is 8.99. The van der Waals surface area contributed by atoms with E-state index in [4.69, 9.17) is 5.26 Å². The van der Waals surface area contributed by atoms with E-state index in [-0.39, 0.29) is 23.7 Å². The van der Waals surface area contributed by atoms with Gasteiger partial charge in [0.25, 0.3) is 5.69 Å². The molecule has 0 saturated carbocycles. The van der Waals surface area contributed by atoms with E-state index < -0.39 is 4.92 Å². The molecule has 29 heavy (non-hydrogen) atoms. The highest BCUT2D eigenvalue weighted by Crippen LogP contribution is 2.26. The fourth-order valence-electron chi connectivity index (χ4n) is 2.43. The minimum atomic E-state index is -0.544. The zero-order chi connectivity index (χ0) is 20.6. The number of nitro groups is 1. The molecule has 1 N–H and O–H groups in total. The van der Waals surface area contributed by atoms with Crippen LogP contribution in [0.15, 0.2) is 52.7 Å². The molecule has 0 bridgehead atoms. The van der Waals surface area contributed by atoms with Crippen LogP contribution in [0.4, 0.5) is 17.1 Å². The van der Waals surface area contributed by atoms with Gasteiger partial charge in [-0.3, -0.25) is 10.1 Å². The van der Waals surface area contributed by atoms with E-state index in [1.807, 2.05) is 30.3 Å². The summed E-state index contributed by atoms with van der Waals surface area (Å²) in [7, 11) is 6.52. The van der Waals surface area contributed by atoms with Gasteiger partial charge in [0.1, 0.15) is 11.8 Å². The molecule has 0 aliphatic carbocycles. The first-order chi connectivity index (χ1) is 13.3. The minimum absolute atomic E-state index is 0. The molecule has 8 nitrogen and oxygen atoms in total. The van der Waals surface area contributed by atoms with Crippen LogP contribution in [0.2, 0.25) is 0 Å². The molecular weight excluding hydrogens is 392 g/mol. The number of nitro benzene ring substituents is 1. The molecule has 154 valence electrons. The molecule has 0 atom stereocenters. The summed E-state index contributed by atoms with van der Waals surface area (Å²) in [5.41, 5.74) is 2.14. The molecule has 2 rings (SSSR count). The fraction of sp³-hybridized carbons (Fsp3) is 0.350. The van der Waals surface area contributed by atoms with Crippen LogP contribution < -0.4 is 17.7 Å². The molecule has 0 unspecified atom stereocenters. The van der Waals surface area contributed by atoms with Crippen molar-refractivity contribution in [3.05, 3.63) is 63.7 Å². The van der Waals surface area contributed by atoms with E-state index in [0.29, 0.717) is 11.4 Å². The number of halogens is 1. The summed E-state index contributed by atoms with van der Waals surface area (Å²) >= 11 is 0. The highest BCUT2D eigenvalue weighted by atomic mass is 35.5. The number of nitriles is 1. The predicted octanol–water partition coefficient (Wildman–Crippen LogP) is 0.724. The topological polar surface area (TPSA) is 104 Å². The van der Waals surface area contributed by atoms with Crippen molar-refractivity contribution < 1.29 is 21.8 Å². The van der Waals surface area contributed by atoms with Crippen LogP contribution in [0.25, 0.3) is 0 Å². The van der Waals surface area contributed by atoms with Crippen molar-refractivity contribution in [2.75, 3.05) is 40.8 Å². The highest BCUT2D eigenvalue weighted by Gasteiger charge is 2.10. The third kappa shape index (κ3) is 8.35. The minimum Gasteiger partial charge on any atom is -1.00 e. The highest BCUT2D eigenvalue weighted by molar-refractivity contribution is 5.58. The van der Waals surface area contributed by atoms with Crippen LogP contribution in [0.5, 0.6) is 0 Å². The summed E-state index contributed by atoms with van der Waals surface area (Å²) in [6, 6.07) is 13.6. The number of benzene rings is 2. The number of rotatable bonds is 9. The second-order valence-electron chi connectivity index (χ2n) is 7.45. The number of non-ortho nitro benzene ring substituents is 1. The SMILES string of the molecule is C[N+](C)(C)CCNCCc1ccc(N=Nc2ccc([N+](=O)[O-])cc2C#N)cc1.[Cl-]. The molecule has 0 saturated heterocycles. The van der Waals surface area contributed by atoms with Gasteiger partial charge >= 0.3 is 0 Å². The van der Waals surface area contributed by atoms with Gasteiger partial charge in [-0.25, -0.2) is 0 Å². The summed E-state index contributed by atoms with van der Waals surface area (Å²) in [6.07, 6.45) is 0.926. The molecule has 9 heteroatoms. The standard InChI is InChI=1S/C20H25N6O2.ClH/c1-26(2,3)13-12-22-11-10-16-4-6-18(7-5-16)23-24-20-9-8-19(25(27)28)14-17(20)15-21;/h4-9,14,22H,10-13H2,1-3H3;1H/q+1;/p-1. The summed E-state index contributed by atoms with van der Waals surface area (Å²) in [5.74, 6) is 0. The van der Waals surface area contributed by atoms with E-state index in [9.17, 15) is 10.1 Å². The molecule has 0 radical (unpaired) electrons. The van der Waals surface area contributed by atoms with Crippen molar-refractivity contribution in [1.82, 2.24) is 5.32 Å². The zero-order valence-corrected chi connectivity index (χ0v) is 17.6. The van der Waals surface area contributed by atoms with Crippen molar-refractivity contribution in [2.45, 2.75) is 6.42 Å².